The van der Waals surface area contributed by atoms with E-state index in [4.69, 9.17) is 5.73 Å². The molecule has 1 heterocycles. The van der Waals surface area contributed by atoms with Crippen LogP contribution in [0.5, 0.6) is 0 Å². The summed E-state index contributed by atoms with van der Waals surface area (Å²) in [4.78, 5) is 6.13. The first-order chi connectivity index (χ1) is 8.15. The zero-order chi connectivity index (χ0) is 12.3. The molecule has 0 amide bonds. The van der Waals surface area contributed by atoms with Crippen molar-refractivity contribution in [2.24, 2.45) is 0 Å². The van der Waals surface area contributed by atoms with Crippen LogP contribution in [0.3, 0.4) is 0 Å². The Morgan fingerprint density at radius 2 is 2.12 bits per heavy atom. The predicted molar refractivity (Wildman–Crippen MR) is 74.9 cm³/mol. The van der Waals surface area contributed by atoms with E-state index < -0.39 is 0 Å². The molecule has 0 spiro atoms. The fourth-order valence-electron chi connectivity index (χ4n) is 1.67. The molecule has 2 aromatic rings. The number of benzene rings is 1. The summed E-state index contributed by atoms with van der Waals surface area (Å²) in [6, 6.07) is 12.1. The minimum Gasteiger partial charge on any atom is -0.384 e. The minimum absolute atomic E-state index is 0.545. The standard InChI is InChI=1S/C13H14BrN3/c1-17(12-5-6-16-13(15)8-12)9-10-3-2-4-11(14)7-10/h2-8H,9H2,1H3,(H2,15,16). The number of halogens is 1. The van der Waals surface area contributed by atoms with Crippen molar-refractivity contribution < 1.29 is 0 Å². The molecule has 2 rings (SSSR count). The topological polar surface area (TPSA) is 42.2 Å². The third-order valence-corrected chi connectivity index (χ3v) is 3.01. The Kier molecular flexibility index (Phi) is 3.64. The van der Waals surface area contributed by atoms with Crippen molar-refractivity contribution in [3.05, 3.63) is 52.6 Å². The van der Waals surface area contributed by atoms with Gasteiger partial charge in [-0.3, -0.25) is 0 Å². The molecule has 3 nitrogen and oxygen atoms in total. The normalized spacial score (nSPS) is 10.2. The van der Waals surface area contributed by atoms with E-state index in [9.17, 15) is 0 Å². The molecule has 0 saturated carbocycles. The Morgan fingerprint density at radius 3 is 2.82 bits per heavy atom. The molecular formula is C13H14BrN3. The Morgan fingerprint density at radius 1 is 1.29 bits per heavy atom. The Labute approximate surface area is 109 Å². The van der Waals surface area contributed by atoms with Gasteiger partial charge < -0.3 is 10.6 Å². The number of nitrogens with zero attached hydrogens (tertiary/aromatic N) is 2. The van der Waals surface area contributed by atoms with Crippen LogP contribution in [0.25, 0.3) is 0 Å². The van der Waals surface area contributed by atoms with Crippen molar-refractivity contribution >= 4 is 27.4 Å². The summed E-state index contributed by atoms with van der Waals surface area (Å²) in [6.45, 7) is 0.836. The van der Waals surface area contributed by atoms with Crippen molar-refractivity contribution in [3.8, 4) is 0 Å². The van der Waals surface area contributed by atoms with Crippen molar-refractivity contribution in [1.29, 1.82) is 0 Å². The summed E-state index contributed by atoms with van der Waals surface area (Å²) >= 11 is 3.47. The summed E-state index contributed by atoms with van der Waals surface area (Å²) in [5.41, 5.74) is 7.98. The number of nitrogens with two attached hydrogens (primary N) is 1. The largest absolute Gasteiger partial charge is 0.384 e. The van der Waals surface area contributed by atoms with Crippen molar-refractivity contribution in [3.63, 3.8) is 0 Å². The van der Waals surface area contributed by atoms with E-state index in [1.165, 1.54) is 5.56 Å². The molecule has 0 atom stereocenters. The maximum absolute atomic E-state index is 5.67. The van der Waals surface area contributed by atoms with Crippen LogP contribution in [0.15, 0.2) is 47.1 Å². The van der Waals surface area contributed by atoms with Crippen LogP contribution in [0.2, 0.25) is 0 Å². The molecule has 0 fully saturated rings. The van der Waals surface area contributed by atoms with Gasteiger partial charge in [-0.1, -0.05) is 28.1 Å². The van der Waals surface area contributed by atoms with Gasteiger partial charge in [0.2, 0.25) is 0 Å². The number of rotatable bonds is 3. The molecule has 0 bridgehead atoms. The van der Waals surface area contributed by atoms with Gasteiger partial charge in [-0.2, -0.15) is 0 Å². The molecule has 2 N–H and O–H groups in total. The van der Waals surface area contributed by atoms with Crippen LogP contribution in [0.4, 0.5) is 11.5 Å². The van der Waals surface area contributed by atoms with Crippen LogP contribution in [-0.2, 0) is 6.54 Å². The fraction of sp³-hybridized carbons (Fsp3) is 0.154. The highest BCUT2D eigenvalue weighted by atomic mass is 79.9. The Balaban J connectivity index is 2.14. The highest BCUT2D eigenvalue weighted by Crippen LogP contribution is 2.18. The van der Waals surface area contributed by atoms with Crippen LogP contribution in [-0.4, -0.2) is 12.0 Å². The SMILES string of the molecule is CN(Cc1cccc(Br)c1)c1ccnc(N)c1. The lowest BCUT2D eigenvalue weighted by Crippen LogP contribution is -2.16. The first-order valence-electron chi connectivity index (χ1n) is 5.32. The highest BCUT2D eigenvalue weighted by molar-refractivity contribution is 9.10. The van der Waals surface area contributed by atoms with Gasteiger partial charge in [-0.05, 0) is 23.8 Å². The molecule has 0 unspecified atom stereocenters. The molecule has 0 aliphatic heterocycles. The maximum atomic E-state index is 5.67. The van der Waals surface area contributed by atoms with Crippen molar-refractivity contribution in [2.45, 2.75) is 6.54 Å². The van der Waals surface area contributed by atoms with Gasteiger partial charge in [0, 0.05) is 36.0 Å². The lowest BCUT2D eigenvalue weighted by molar-refractivity contribution is 0.920. The van der Waals surface area contributed by atoms with E-state index in [2.05, 4.69) is 37.9 Å². The van der Waals surface area contributed by atoms with Crippen molar-refractivity contribution in [2.75, 3.05) is 17.7 Å². The first kappa shape index (κ1) is 11.9. The number of hydrogen-bond donors (Lipinski definition) is 1. The summed E-state index contributed by atoms with van der Waals surface area (Å²) < 4.78 is 1.10. The third-order valence-electron chi connectivity index (χ3n) is 2.51. The van der Waals surface area contributed by atoms with E-state index in [1.54, 1.807) is 6.20 Å². The number of nitrogen functional groups attached to an aromatic ring is 1. The molecule has 88 valence electrons. The number of pyridine rings is 1. The Bertz CT molecular complexity index is 514. The lowest BCUT2D eigenvalue weighted by Gasteiger charge is -2.19. The zero-order valence-electron chi connectivity index (χ0n) is 9.60. The second-order valence-electron chi connectivity index (χ2n) is 3.92. The summed E-state index contributed by atoms with van der Waals surface area (Å²) in [7, 11) is 2.04. The number of hydrogen-bond acceptors (Lipinski definition) is 3. The molecule has 0 aliphatic rings. The molecule has 17 heavy (non-hydrogen) atoms. The van der Waals surface area contributed by atoms with E-state index in [0.29, 0.717) is 5.82 Å². The average Bonchev–Trinajstić information content (AvgIpc) is 2.29. The van der Waals surface area contributed by atoms with Crippen LogP contribution in [0, 0.1) is 0 Å². The fourth-order valence-corrected chi connectivity index (χ4v) is 2.12. The second-order valence-corrected chi connectivity index (χ2v) is 4.84. The monoisotopic (exact) mass is 291 g/mol. The molecular weight excluding hydrogens is 278 g/mol. The molecule has 1 aromatic carbocycles. The molecule has 0 radical (unpaired) electrons. The quantitative estimate of drug-likeness (QED) is 0.945. The summed E-state index contributed by atoms with van der Waals surface area (Å²) in [5, 5.41) is 0. The minimum atomic E-state index is 0.545. The zero-order valence-corrected chi connectivity index (χ0v) is 11.2. The second kappa shape index (κ2) is 5.19. The molecule has 4 heteroatoms. The highest BCUT2D eigenvalue weighted by Gasteiger charge is 2.03. The average molecular weight is 292 g/mol. The number of aromatic nitrogens is 1. The first-order valence-corrected chi connectivity index (χ1v) is 6.11. The maximum Gasteiger partial charge on any atom is 0.125 e. The van der Waals surface area contributed by atoms with Gasteiger partial charge in [-0.15, -0.1) is 0 Å². The molecule has 1 aromatic heterocycles. The van der Waals surface area contributed by atoms with Crippen molar-refractivity contribution in [1.82, 2.24) is 4.98 Å². The smallest absolute Gasteiger partial charge is 0.125 e. The van der Waals surface area contributed by atoms with Gasteiger partial charge in [-0.25, -0.2) is 4.98 Å². The summed E-state index contributed by atoms with van der Waals surface area (Å²) in [6.07, 6.45) is 1.72. The van der Waals surface area contributed by atoms with Gasteiger partial charge in [0.15, 0.2) is 0 Å². The van der Waals surface area contributed by atoms with Gasteiger partial charge in [0.1, 0.15) is 5.82 Å². The predicted octanol–water partition coefficient (Wildman–Crippen LogP) is 3.06. The van der Waals surface area contributed by atoms with Gasteiger partial charge in [0.25, 0.3) is 0 Å². The summed E-state index contributed by atoms with van der Waals surface area (Å²) in [5.74, 6) is 0.545. The van der Waals surface area contributed by atoms with Crippen LogP contribution in [0.1, 0.15) is 5.56 Å². The van der Waals surface area contributed by atoms with Gasteiger partial charge in [0.05, 0.1) is 0 Å². The lowest BCUT2D eigenvalue weighted by atomic mass is 10.2. The van der Waals surface area contributed by atoms with E-state index in [0.717, 1.165) is 16.7 Å². The Hall–Kier alpha value is -1.55. The van der Waals surface area contributed by atoms with E-state index in [1.807, 2.05) is 31.3 Å². The molecule has 0 aliphatic carbocycles. The van der Waals surface area contributed by atoms with E-state index >= 15 is 0 Å². The van der Waals surface area contributed by atoms with Crippen LogP contribution >= 0.6 is 15.9 Å². The van der Waals surface area contributed by atoms with Gasteiger partial charge >= 0.3 is 0 Å². The van der Waals surface area contributed by atoms with E-state index in [-0.39, 0.29) is 0 Å². The van der Waals surface area contributed by atoms with Crippen LogP contribution < -0.4 is 10.6 Å². The third kappa shape index (κ3) is 3.20. The molecule has 0 saturated heterocycles. The number of anilines is 2.